The summed E-state index contributed by atoms with van der Waals surface area (Å²) in [5, 5.41) is 16.9. The van der Waals surface area contributed by atoms with Crippen LogP contribution in [0.15, 0.2) is 30.3 Å². The first-order chi connectivity index (χ1) is 15.2. The van der Waals surface area contributed by atoms with Crippen LogP contribution in [-0.4, -0.2) is 51.4 Å². The number of nitrogens with zero attached hydrogens (tertiary/aromatic N) is 4. The summed E-state index contributed by atoms with van der Waals surface area (Å²) in [4.78, 5) is 26.5. The van der Waals surface area contributed by atoms with Gasteiger partial charge in [-0.15, -0.1) is 0 Å². The molecule has 1 saturated heterocycles. The number of carbonyl (C=O) groups is 2. The average Bonchev–Trinajstić information content (AvgIpc) is 3.35. The lowest BCUT2D eigenvalue weighted by Gasteiger charge is -2.28. The van der Waals surface area contributed by atoms with Gasteiger partial charge in [0, 0.05) is 13.1 Å². The molecule has 9 nitrogen and oxygen atoms in total. The number of nitrogens with one attached hydrogen (secondary N) is 1. The summed E-state index contributed by atoms with van der Waals surface area (Å²) in [7, 11) is 0. The maximum atomic E-state index is 12.7. The van der Waals surface area contributed by atoms with Crippen molar-refractivity contribution in [2.75, 3.05) is 18.8 Å². The smallest absolute Gasteiger partial charge is 0.410 e. The number of para-hydroxylation sites is 1. The van der Waals surface area contributed by atoms with Gasteiger partial charge in [-0.2, -0.15) is 10.4 Å². The molecule has 0 bridgehead atoms. The molecule has 0 unspecified atom stereocenters. The van der Waals surface area contributed by atoms with Gasteiger partial charge >= 0.3 is 6.09 Å². The molecule has 32 heavy (non-hydrogen) atoms. The first kappa shape index (κ1) is 23.1. The number of rotatable bonds is 6. The number of aryl methyl sites for hydroxylation is 1. The fourth-order valence-corrected chi connectivity index (χ4v) is 3.70. The van der Waals surface area contributed by atoms with Crippen LogP contribution in [0.1, 0.15) is 51.3 Å². The van der Waals surface area contributed by atoms with E-state index in [9.17, 15) is 14.9 Å². The Labute approximate surface area is 188 Å². The third-order valence-corrected chi connectivity index (χ3v) is 5.18. The van der Waals surface area contributed by atoms with Crippen LogP contribution < -0.4 is 11.1 Å². The molecule has 1 fully saturated rings. The van der Waals surface area contributed by atoms with E-state index in [1.54, 1.807) is 25.5 Å². The predicted octanol–water partition coefficient (Wildman–Crippen LogP) is 2.77. The molecular formula is C23H30N6O3. The largest absolute Gasteiger partial charge is 0.444 e. The number of amides is 2. The van der Waals surface area contributed by atoms with Crippen molar-refractivity contribution >= 4 is 17.8 Å². The number of nitriles is 1. The average molecular weight is 439 g/mol. The second kappa shape index (κ2) is 9.73. The molecule has 1 aliphatic heterocycles. The SMILES string of the molecule is CC(C)(C)OC(=O)N1CCC[C@H]1C(=O)NCCCc1nn(-c2ccccc2)c(N)c1C#N. The van der Waals surface area contributed by atoms with E-state index < -0.39 is 17.7 Å². The Bertz CT molecular complexity index is 1000. The standard InChI is InChI=1S/C23H30N6O3/c1-23(2,3)32-22(31)28-14-8-12-19(28)21(30)26-13-7-11-18-17(15-24)20(25)29(27-18)16-9-5-4-6-10-16/h4-6,9-10,19H,7-8,11-14,25H2,1-3H3,(H,26,30)/t19-/m0/s1. The van der Waals surface area contributed by atoms with E-state index in [0.717, 1.165) is 12.1 Å². The Morgan fingerprint density at radius 2 is 2.03 bits per heavy atom. The highest BCUT2D eigenvalue weighted by Crippen LogP contribution is 2.22. The molecular weight excluding hydrogens is 408 g/mol. The van der Waals surface area contributed by atoms with Crippen molar-refractivity contribution in [1.29, 1.82) is 5.26 Å². The van der Waals surface area contributed by atoms with Crippen LogP contribution in [0.2, 0.25) is 0 Å². The third kappa shape index (κ3) is 5.38. The minimum atomic E-state index is -0.607. The van der Waals surface area contributed by atoms with Gasteiger partial charge < -0.3 is 15.8 Å². The van der Waals surface area contributed by atoms with E-state index in [0.29, 0.717) is 49.4 Å². The highest BCUT2D eigenvalue weighted by Gasteiger charge is 2.36. The van der Waals surface area contributed by atoms with Crippen molar-refractivity contribution in [3.8, 4) is 11.8 Å². The van der Waals surface area contributed by atoms with E-state index in [2.05, 4.69) is 16.5 Å². The van der Waals surface area contributed by atoms with Gasteiger partial charge in [0.05, 0.1) is 11.4 Å². The fourth-order valence-electron chi connectivity index (χ4n) is 3.70. The molecule has 1 aromatic heterocycles. The van der Waals surface area contributed by atoms with Crippen molar-refractivity contribution in [2.45, 2.75) is 58.1 Å². The minimum Gasteiger partial charge on any atom is -0.444 e. The topological polar surface area (TPSA) is 126 Å². The molecule has 1 aliphatic rings. The minimum absolute atomic E-state index is 0.191. The predicted molar refractivity (Wildman–Crippen MR) is 120 cm³/mol. The summed E-state index contributed by atoms with van der Waals surface area (Å²) in [6.07, 6.45) is 2.00. The van der Waals surface area contributed by atoms with E-state index in [4.69, 9.17) is 10.5 Å². The summed E-state index contributed by atoms with van der Waals surface area (Å²) in [6.45, 7) is 6.32. The van der Waals surface area contributed by atoms with Crippen molar-refractivity contribution in [1.82, 2.24) is 20.0 Å². The number of hydrogen-bond acceptors (Lipinski definition) is 6. The molecule has 1 aromatic carbocycles. The Morgan fingerprint density at radius 1 is 1.31 bits per heavy atom. The number of benzene rings is 1. The number of likely N-dealkylation sites (tertiary alicyclic amines) is 1. The van der Waals surface area contributed by atoms with Crippen molar-refractivity contribution in [2.24, 2.45) is 0 Å². The first-order valence-corrected chi connectivity index (χ1v) is 10.8. The molecule has 0 spiro atoms. The lowest BCUT2D eigenvalue weighted by Crippen LogP contribution is -2.47. The molecule has 3 rings (SSSR count). The second-order valence-electron chi connectivity index (χ2n) is 8.79. The Hall–Kier alpha value is -3.54. The van der Waals surface area contributed by atoms with Gasteiger partial charge in [-0.05, 0) is 58.6 Å². The third-order valence-electron chi connectivity index (χ3n) is 5.18. The van der Waals surface area contributed by atoms with Gasteiger partial charge in [0.15, 0.2) is 0 Å². The fraction of sp³-hybridized carbons (Fsp3) is 0.478. The van der Waals surface area contributed by atoms with Crippen LogP contribution in [0.25, 0.3) is 5.69 Å². The van der Waals surface area contributed by atoms with Crippen LogP contribution in [0.4, 0.5) is 10.6 Å². The van der Waals surface area contributed by atoms with Crippen LogP contribution in [0.5, 0.6) is 0 Å². The van der Waals surface area contributed by atoms with E-state index >= 15 is 0 Å². The van der Waals surface area contributed by atoms with E-state index in [1.807, 2.05) is 30.3 Å². The normalized spacial score (nSPS) is 15.9. The number of nitrogen functional groups attached to an aromatic ring is 1. The van der Waals surface area contributed by atoms with Gasteiger partial charge in [-0.25, -0.2) is 9.48 Å². The second-order valence-corrected chi connectivity index (χ2v) is 8.79. The summed E-state index contributed by atoms with van der Waals surface area (Å²) in [6, 6.07) is 11.0. The molecule has 1 atom stereocenters. The molecule has 170 valence electrons. The summed E-state index contributed by atoms with van der Waals surface area (Å²) in [5.74, 6) is 0.111. The lowest BCUT2D eigenvalue weighted by molar-refractivity contribution is -0.125. The Balaban J connectivity index is 1.56. The Morgan fingerprint density at radius 3 is 2.69 bits per heavy atom. The molecule has 2 amide bonds. The van der Waals surface area contributed by atoms with Crippen molar-refractivity contribution in [3.63, 3.8) is 0 Å². The zero-order valence-electron chi connectivity index (χ0n) is 18.8. The zero-order valence-corrected chi connectivity index (χ0v) is 18.8. The number of aromatic nitrogens is 2. The summed E-state index contributed by atoms with van der Waals surface area (Å²) >= 11 is 0. The molecule has 2 aromatic rings. The van der Waals surface area contributed by atoms with Gasteiger partial charge in [0.1, 0.15) is 29.1 Å². The molecule has 9 heteroatoms. The zero-order chi connectivity index (χ0) is 23.3. The maximum Gasteiger partial charge on any atom is 0.410 e. The number of carbonyl (C=O) groups excluding carboxylic acids is 2. The highest BCUT2D eigenvalue weighted by molar-refractivity contribution is 5.86. The van der Waals surface area contributed by atoms with Crippen molar-refractivity contribution < 1.29 is 14.3 Å². The van der Waals surface area contributed by atoms with Crippen LogP contribution >= 0.6 is 0 Å². The van der Waals surface area contributed by atoms with Gasteiger partial charge in [-0.1, -0.05) is 18.2 Å². The quantitative estimate of drug-likeness (QED) is 0.668. The van der Waals surface area contributed by atoms with Gasteiger partial charge in [0.2, 0.25) is 5.91 Å². The maximum absolute atomic E-state index is 12.7. The van der Waals surface area contributed by atoms with E-state index in [1.165, 1.54) is 4.90 Å². The number of hydrogen-bond donors (Lipinski definition) is 2. The van der Waals surface area contributed by atoms with Crippen molar-refractivity contribution in [3.05, 3.63) is 41.6 Å². The van der Waals surface area contributed by atoms with Crippen LogP contribution in [-0.2, 0) is 16.0 Å². The number of ether oxygens (including phenoxy) is 1. The monoisotopic (exact) mass is 438 g/mol. The van der Waals surface area contributed by atoms with Crippen LogP contribution in [0.3, 0.4) is 0 Å². The highest BCUT2D eigenvalue weighted by atomic mass is 16.6. The Kier molecular flexibility index (Phi) is 7.03. The van der Waals surface area contributed by atoms with Gasteiger partial charge in [0.25, 0.3) is 0 Å². The van der Waals surface area contributed by atoms with Crippen LogP contribution in [0, 0.1) is 11.3 Å². The lowest BCUT2D eigenvalue weighted by atomic mass is 10.1. The first-order valence-electron chi connectivity index (χ1n) is 10.8. The molecule has 3 N–H and O–H groups in total. The summed E-state index contributed by atoms with van der Waals surface area (Å²) in [5.41, 5.74) is 7.25. The molecule has 2 heterocycles. The summed E-state index contributed by atoms with van der Waals surface area (Å²) < 4.78 is 6.97. The number of nitrogens with two attached hydrogens (primary N) is 1. The molecule has 0 saturated carbocycles. The van der Waals surface area contributed by atoms with E-state index in [-0.39, 0.29) is 5.91 Å². The molecule has 0 aliphatic carbocycles. The number of anilines is 1. The van der Waals surface area contributed by atoms with Gasteiger partial charge in [-0.3, -0.25) is 9.69 Å². The molecule has 0 radical (unpaired) electrons.